The Hall–Kier alpha value is -0.790. The highest BCUT2D eigenvalue weighted by atomic mass is 15.1. The van der Waals surface area contributed by atoms with Crippen molar-refractivity contribution in [3.05, 3.63) is 18.2 Å². The van der Waals surface area contributed by atoms with E-state index in [9.17, 15) is 0 Å². The number of rotatable bonds is 27. The van der Waals surface area contributed by atoms with Crippen molar-refractivity contribution < 1.29 is 4.57 Å². The van der Waals surface area contributed by atoms with Crippen LogP contribution in [0.1, 0.15) is 194 Å². The summed E-state index contributed by atoms with van der Waals surface area (Å²) in [5.74, 6) is 2.15. The maximum Gasteiger partial charge on any atom is 0.258 e. The van der Waals surface area contributed by atoms with Crippen LogP contribution in [0.4, 0.5) is 0 Å². The Bertz CT molecular complexity index is 528. The highest BCUT2D eigenvalue weighted by molar-refractivity contribution is 4.89. The number of aryl methyl sites for hydroxylation is 2. The Morgan fingerprint density at radius 1 is 0.528 bits per heavy atom. The predicted molar refractivity (Wildman–Crippen MR) is 161 cm³/mol. The topological polar surface area (TPSA) is 8.81 Å². The lowest BCUT2D eigenvalue weighted by Crippen LogP contribution is -2.38. The Balaban J connectivity index is 2.07. The van der Waals surface area contributed by atoms with Crippen molar-refractivity contribution in [3.8, 4) is 0 Å². The minimum Gasteiger partial charge on any atom is -0.234 e. The standard InChI is InChI=1S/C34H67N2/c1-5-7-9-11-13-15-17-19-21-23-25-27-29-35-31-32-36(34(35)33(3)4)30-28-26-24-22-20-18-16-14-12-10-8-6-2/h31-33H,5-30H2,1-4H3/q+1. The van der Waals surface area contributed by atoms with Crippen molar-refractivity contribution in [2.75, 3.05) is 0 Å². The van der Waals surface area contributed by atoms with E-state index in [0.29, 0.717) is 5.92 Å². The average molecular weight is 504 g/mol. The van der Waals surface area contributed by atoms with Gasteiger partial charge in [-0.3, -0.25) is 0 Å². The Labute approximate surface area is 228 Å². The van der Waals surface area contributed by atoms with Gasteiger partial charge in [0, 0.05) is 0 Å². The fraction of sp³-hybridized carbons (Fsp3) is 0.912. The molecule has 1 aromatic heterocycles. The predicted octanol–water partition coefficient (Wildman–Crippen LogP) is 11.3. The van der Waals surface area contributed by atoms with Crippen LogP contribution in [0.5, 0.6) is 0 Å². The van der Waals surface area contributed by atoms with E-state index in [1.807, 2.05) is 0 Å². The van der Waals surface area contributed by atoms with Gasteiger partial charge in [-0.15, -0.1) is 0 Å². The lowest BCUT2D eigenvalue weighted by atomic mass is 10.1. The molecule has 2 nitrogen and oxygen atoms in total. The van der Waals surface area contributed by atoms with E-state index in [0.717, 1.165) is 0 Å². The van der Waals surface area contributed by atoms with Crippen LogP contribution in [0.25, 0.3) is 0 Å². The lowest BCUT2D eigenvalue weighted by molar-refractivity contribution is -0.705. The van der Waals surface area contributed by atoms with Crippen molar-refractivity contribution in [1.82, 2.24) is 4.57 Å². The third kappa shape index (κ3) is 17.6. The smallest absolute Gasteiger partial charge is 0.234 e. The molecule has 2 heteroatoms. The average Bonchev–Trinajstić information content (AvgIpc) is 3.28. The first-order chi connectivity index (χ1) is 17.7. The molecule has 0 fully saturated rings. The van der Waals surface area contributed by atoms with Crippen LogP contribution in [-0.2, 0) is 13.1 Å². The fourth-order valence-electron chi connectivity index (χ4n) is 5.77. The van der Waals surface area contributed by atoms with Crippen molar-refractivity contribution in [2.45, 2.75) is 201 Å². The molecule has 212 valence electrons. The Morgan fingerprint density at radius 2 is 0.889 bits per heavy atom. The second-order valence-electron chi connectivity index (χ2n) is 12.0. The van der Waals surface area contributed by atoms with E-state index in [1.165, 1.54) is 167 Å². The number of unbranched alkanes of at least 4 members (excludes halogenated alkanes) is 22. The molecule has 1 aromatic rings. The molecule has 0 radical (unpaired) electrons. The van der Waals surface area contributed by atoms with Gasteiger partial charge in [-0.25, -0.2) is 9.13 Å². The molecule has 1 heterocycles. The maximum absolute atomic E-state index is 2.56. The fourth-order valence-corrected chi connectivity index (χ4v) is 5.77. The summed E-state index contributed by atoms with van der Waals surface area (Å²) in [6.07, 6.45) is 39.0. The zero-order valence-electron chi connectivity index (χ0n) is 25.5. The molecule has 0 amide bonds. The normalized spacial score (nSPS) is 11.7. The van der Waals surface area contributed by atoms with Gasteiger partial charge in [-0.1, -0.05) is 156 Å². The molecule has 0 N–H and O–H groups in total. The third-order valence-electron chi connectivity index (χ3n) is 8.04. The van der Waals surface area contributed by atoms with Gasteiger partial charge >= 0.3 is 0 Å². The van der Waals surface area contributed by atoms with Crippen molar-refractivity contribution in [3.63, 3.8) is 0 Å². The quantitative estimate of drug-likeness (QED) is 0.0833. The van der Waals surface area contributed by atoms with Gasteiger partial charge in [0.15, 0.2) is 0 Å². The summed E-state index contributed by atoms with van der Waals surface area (Å²) in [5, 5.41) is 0. The first-order valence-corrected chi connectivity index (χ1v) is 16.8. The van der Waals surface area contributed by atoms with Crippen LogP contribution in [0, 0.1) is 0 Å². The largest absolute Gasteiger partial charge is 0.258 e. The minimum absolute atomic E-state index is 0.606. The van der Waals surface area contributed by atoms with Crippen LogP contribution >= 0.6 is 0 Å². The number of aromatic nitrogens is 2. The molecule has 0 aliphatic heterocycles. The molecule has 0 aliphatic carbocycles. The van der Waals surface area contributed by atoms with E-state index in [-0.39, 0.29) is 0 Å². The SMILES string of the molecule is CCCCCCCCCCCCCCn1cc[n+](CCCCCCCCCCCCCC)c1C(C)C. The molecule has 0 unspecified atom stereocenters. The van der Waals surface area contributed by atoms with Gasteiger partial charge in [0.05, 0.1) is 19.0 Å². The zero-order valence-corrected chi connectivity index (χ0v) is 25.5. The molecule has 0 atom stereocenters. The molecule has 1 rings (SSSR count). The molecule has 0 aromatic carbocycles. The number of nitrogens with zero attached hydrogens (tertiary/aromatic N) is 2. The molecular weight excluding hydrogens is 436 g/mol. The second kappa shape index (κ2) is 24.5. The van der Waals surface area contributed by atoms with E-state index >= 15 is 0 Å². The summed E-state index contributed by atoms with van der Waals surface area (Å²) < 4.78 is 5.11. The monoisotopic (exact) mass is 504 g/mol. The van der Waals surface area contributed by atoms with Crippen molar-refractivity contribution in [1.29, 1.82) is 0 Å². The van der Waals surface area contributed by atoms with Crippen molar-refractivity contribution in [2.24, 2.45) is 0 Å². The van der Waals surface area contributed by atoms with Gasteiger partial charge < -0.3 is 0 Å². The van der Waals surface area contributed by atoms with Crippen molar-refractivity contribution >= 4 is 0 Å². The molecule has 0 saturated heterocycles. The molecule has 36 heavy (non-hydrogen) atoms. The summed E-state index contributed by atoms with van der Waals surface area (Å²) >= 11 is 0. The molecule has 0 saturated carbocycles. The Kier molecular flexibility index (Phi) is 22.7. The van der Waals surface area contributed by atoms with Crippen LogP contribution in [-0.4, -0.2) is 4.57 Å². The first-order valence-electron chi connectivity index (χ1n) is 16.8. The van der Waals surface area contributed by atoms with Gasteiger partial charge in [-0.2, -0.15) is 0 Å². The second-order valence-corrected chi connectivity index (χ2v) is 12.0. The summed E-state index contributed by atoms with van der Waals surface area (Å²) in [5.41, 5.74) is 0. The van der Waals surface area contributed by atoms with E-state index in [1.54, 1.807) is 5.82 Å². The van der Waals surface area contributed by atoms with Gasteiger partial charge in [0.1, 0.15) is 12.4 Å². The van der Waals surface area contributed by atoms with Gasteiger partial charge in [0.25, 0.3) is 5.82 Å². The summed E-state index contributed by atoms with van der Waals surface area (Å²) in [7, 11) is 0. The van der Waals surface area contributed by atoms with E-state index in [4.69, 9.17) is 0 Å². The molecule has 0 spiro atoms. The number of hydrogen-bond donors (Lipinski definition) is 0. The van der Waals surface area contributed by atoms with E-state index in [2.05, 4.69) is 49.2 Å². The number of hydrogen-bond acceptors (Lipinski definition) is 0. The highest BCUT2D eigenvalue weighted by Gasteiger charge is 2.20. The van der Waals surface area contributed by atoms with Crippen LogP contribution in [0.15, 0.2) is 12.4 Å². The van der Waals surface area contributed by atoms with Gasteiger partial charge in [-0.05, 0) is 25.7 Å². The zero-order chi connectivity index (χ0) is 26.1. The van der Waals surface area contributed by atoms with Gasteiger partial charge in [0.2, 0.25) is 0 Å². The van der Waals surface area contributed by atoms with Crippen LogP contribution in [0.3, 0.4) is 0 Å². The van der Waals surface area contributed by atoms with Crippen LogP contribution in [0.2, 0.25) is 0 Å². The number of imidazole rings is 1. The third-order valence-corrected chi connectivity index (χ3v) is 8.04. The summed E-state index contributed by atoms with van der Waals surface area (Å²) in [6, 6.07) is 0. The molecule has 0 aliphatic rings. The maximum atomic E-state index is 2.56. The molecular formula is C34H67N2+. The highest BCUT2D eigenvalue weighted by Crippen LogP contribution is 2.16. The molecule has 0 bridgehead atoms. The van der Waals surface area contributed by atoms with Crippen LogP contribution < -0.4 is 4.57 Å². The first kappa shape index (κ1) is 33.2. The van der Waals surface area contributed by atoms with E-state index < -0.39 is 0 Å². The lowest BCUT2D eigenvalue weighted by Gasteiger charge is -2.08. The minimum atomic E-state index is 0.606. The Morgan fingerprint density at radius 3 is 1.28 bits per heavy atom. The summed E-state index contributed by atoms with van der Waals surface area (Å²) in [6.45, 7) is 11.8. The summed E-state index contributed by atoms with van der Waals surface area (Å²) in [4.78, 5) is 0.